The SMILES string of the molecule is C[NH+](C)CP(=O)(O)C1Cc2ccccc2C1. The predicted molar refractivity (Wildman–Crippen MR) is 65.1 cm³/mol. The van der Waals surface area contributed by atoms with E-state index in [-0.39, 0.29) is 5.66 Å². The Bertz CT molecular complexity index is 406. The van der Waals surface area contributed by atoms with E-state index in [1.54, 1.807) is 0 Å². The van der Waals surface area contributed by atoms with Crippen molar-refractivity contribution < 1.29 is 14.4 Å². The molecule has 16 heavy (non-hydrogen) atoms. The Morgan fingerprint density at radius 3 is 2.25 bits per heavy atom. The number of hydrogen-bond donors (Lipinski definition) is 2. The number of nitrogens with one attached hydrogen (secondary N) is 1. The van der Waals surface area contributed by atoms with Crippen LogP contribution in [0.5, 0.6) is 0 Å². The molecule has 0 aliphatic heterocycles. The lowest BCUT2D eigenvalue weighted by atomic mass is 10.1. The van der Waals surface area contributed by atoms with E-state index in [0.29, 0.717) is 6.29 Å². The molecule has 1 aliphatic rings. The highest BCUT2D eigenvalue weighted by molar-refractivity contribution is 7.58. The Balaban J connectivity index is 2.14. The molecule has 1 atom stereocenters. The van der Waals surface area contributed by atoms with Gasteiger partial charge in [-0.05, 0) is 24.0 Å². The van der Waals surface area contributed by atoms with Gasteiger partial charge in [-0.3, -0.25) is 4.57 Å². The van der Waals surface area contributed by atoms with Gasteiger partial charge in [0.2, 0.25) is 0 Å². The molecule has 0 aromatic heterocycles. The van der Waals surface area contributed by atoms with Crippen LogP contribution in [0.25, 0.3) is 0 Å². The lowest BCUT2D eigenvalue weighted by molar-refractivity contribution is -0.846. The maximum Gasteiger partial charge on any atom is 0.256 e. The van der Waals surface area contributed by atoms with Gasteiger partial charge in [0, 0.05) is 5.66 Å². The zero-order valence-corrected chi connectivity index (χ0v) is 10.7. The van der Waals surface area contributed by atoms with Gasteiger partial charge >= 0.3 is 0 Å². The standard InChI is InChI=1S/C12H18NO2P/c1-13(2)9-16(14,15)12-7-10-5-3-4-6-11(10)8-12/h3-6,12H,7-9H2,1-2H3,(H,14,15)/p+1. The molecular formula is C12H19NO2P+. The minimum Gasteiger partial charge on any atom is -0.340 e. The molecule has 0 heterocycles. The van der Waals surface area contributed by atoms with E-state index in [0.717, 1.165) is 17.7 Å². The third kappa shape index (κ3) is 2.37. The first-order valence-electron chi connectivity index (χ1n) is 5.66. The van der Waals surface area contributed by atoms with E-state index in [4.69, 9.17) is 0 Å². The maximum absolute atomic E-state index is 12.2. The van der Waals surface area contributed by atoms with Crippen LogP contribution in [0.1, 0.15) is 11.1 Å². The number of fused-ring (bicyclic) bond motifs is 1. The highest BCUT2D eigenvalue weighted by Gasteiger charge is 2.37. The summed E-state index contributed by atoms with van der Waals surface area (Å²) in [6.07, 6.45) is 1.89. The topological polar surface area (TPSA) is 41.7 Å². The largest absolute Gasteiger partial charge is 0.340 e. The van der Waals surface area contributed by atoms with Gasteiger partial charge in [0.05, 0.1) is 14.1 Å². The van der Waals surface area contributed by atoms with E-state index in [9.17, 15) is 9.46 Å². The highest BCUT2D eigenvalue weighted by atomic mass is 31.2. The Hall–Kier alpha value is -0.630. The molecule has 2 N–H and O–H groups in total. The molecule has 0 fully saturated rings. The molecular weight excluding hydrogens is 221 g/mol. The molecule has 1 unspecified atom stereocenters. The van der Waals surface area contributed by atoms with Crippen LogP contribution in [0.4, 0.5) is 0 Å². The summed E-state index contributed by atoms with van der Waals surface area (Å²) in [5.41, 5.74) is 2.42. The van der Waals surface area contributed by atoms with Crippen LogP contribution in [-0.4, -0.2) is 30.9 Å². The Labute approximate surface area is 96.5 Å². The summed E-state index contributed by atoms with van der Waals surface area (Å²) >= 11 is 0. The van der Waals surface area contributed by atoms with Crippen LogP contribution in [0.2, 0.25) is 0 Å². The van der Waals surface area contributed by atoms with Crippen LogP contribution >= 0.6 is 7.37 Å². The fourth-order valence-electron chi connectivity index (χ4n) is 2.40. The Morgan fingerprint density at radius 1 is 1.31 bits per heavy atom. The molecule has 0 bridgehead atoms. The highest BCUT2D eigenvalue weighted by Crippen LogP contribution is 2.49. The minimum atomic E-state index is -3.02. The van der Waals surface area contributed by atoms with Gasteiger partial charge in [-0.25, -0.2) is 0 Å². The second kappa shape index (κ2) is 4.33. The van der Waals surface area contributed by atoms with Crippen LogP contribution in [0, 0.1) is 0 Å². The fourth-order valence-corrected chi connectivity index (χ4v) is 4.53. The van der Waals surface area contributed by atoms with E-state index >= 15 is 0 Å². The summed E-state index contributed by atoms with van der Waals surface area (Å²) in [4.78, 5) is 11.1. The first-order valence-corrected chi connectivity index (χ1v) is 7.58. The van der Waals surface area contributed by atoms with E-state index in [2.05, 4.69) is 12.1 Å². The average molecular weight is 240 g/mol. The van der Waals surface area contributed by atoms with Gasteiger partial charge < -0.3 is 9.79 Å². The lowest BCUT2D eigenvalue weighted by Gasteiger charge is -2.19. The second-order valence-electron chi connectivity index (χ2n) is 4.95. The summed E-state index contributed by atoms with van der Waals surface area (Å²) in [6, 6.07) is 8.14. The van der Waals surface area contributed by atoms with Crippen LogP contribution < -0.4 is 4.90 Å². The molecule has 0 amide bonds. The molecule has 1 aromatic rings. The summed E-state index contributed by atoms with van der Waals surface area (Å²) in [7, 11) is 0.827. The fraction of sp³-hybridized carbons (Fsp3) is 0.500. The molecule has 1 aromatic carbocycles. The summed E-state index contributed by atoms with van der Waals surface area (Å²) < 4.78 is 12.2. The van der Waals surface area contributed by atoms with Crippen molar-refractivity contribution in [3.63, 3.8) is 0 Å². The van der Waals surface area contributed by atoms with Gasteiger partial charge in [0.25, 0.3) is 7.37 Å². The van der Waals surface area contributed by atoms with Gasteiger partial charge in [0.15, 0.2) is 6.29 Å². The summed E-state index contributed by atoms with van der Waals surface area (Å²) in [5, 5.41) is 0. The van der Waals surface area contributed by atoms with Crippen molar-refractivity contribution in [2.75, 3.05) is 20.4 Å². The van der Waals surface area contributed by atoms with Crippen molar-refractivity contribution in [1.29, 1.82) is 0 Å². The van der Waals surface area contributed by atoms with Crippen LogP contribution in [0.15, 0.2) is 24.3 Å². The maximum atomic E-state index is 12.2. The predicted octanol–water partition coefficient (Wildman–Crippen LogP) is 0.526. The van der Waals surface area contributed by atoms with Crippen molar-refractivity contribution in [3.05, 3.63) is 35.4 Å². The summed E-state index contributed by atoms with van der Waals surface area (Å²) in [5.74, 6) is 0. The van der Waals surface area contributed by atoms with Crippen molar-refractivity contribution in [1.82, 2.24) is 0 Å². The summed E-state index contributed by atoms with van der Waals surface area (Å²) in [6.45, 7) is 0. The minimum absolute atomic E-state index is 0.0696. The molecule has 0 saturated carbocycles. The van der Waals surface area contributed by atoms with Crippen molar-refractivity contribution in [2.45, 2.75) is 18.5 Å². The van der Waals surface area contributed by atoms with Gasteiger partial charge in [-0.1, -0.05) is 24.3 Å². The third-order valence-corrected chi connectivity index (χ3v) is 5.73. The monoisotopic (exact) mass is 240 g/mol. The van der Waals surface area contributed by atoms with Crippen LogP contribution in [0.3, 0.4) is 0 Å². The normalized spacial score (nSPS) is 19.8. The Morgan fingerprint density at radius 2 is 1.81 bits per heavy atom. The molecule has 4 heteroatoms. The first kappa shape index (κ1) is 11.8. The number of benzene rings is 1. The van der Waals surface area contributed by atoms with Crippen molar-refractivity contribution in [2.24, 2.45) is 0 Å². The number of rotatable bonds is 3. The molecule has 88 valence electrons. The zero-order valence-electron chi connectivity index (χ0n) is 9.81. The molecule has 0 saturated heterocycles. The molecule has 0 radical (unpaired) electrons. The van der Waals surface area contributed by atoms with Crippen molar-refractivity contribution >= 4 is 7.37 Å². The molecule has 3 nitrogen and oxygen atoms in total. The van der Waals surface area contributed by atoms with Gasteiger partial charge in [-0.15, -0.1) is 0 Å². The van der Waals surface area contributed by atoms with Crippen LogP contribution in [-0.2, 0) is 17.4 Å². The average Bonchev–Trinajstić information content (AvgIpc) is 2.59. The number of hydrogen-bond acceptors (Lipinski definition) is 1. The molecule has 1 aliphatic carbocycles. The molecule has 2 rings (SSSR count). The molecule has 0 spiro atoms. The van der Waals surface area contributed by atoms with E-state index < -0.39 is 7.37 Å². The lowest BCUT2D eigenvalue weighted by Crippen LogP contribution is -3.05. The van der Waals surface area contributed by atoms with Gasteiger partial charge in [-0.2, -0.15) is 0 Å². The van der Waals surface area contributed by atoms with E-state index in [1.807, 2.05) is 26.2 Å². The smallest absolute Gasteiger partial charge is 0.256 e. The quantitative estimate of drug-likeness (QED) is 0.757. The zero-order chi connectivity index (χ0) is 11.8. The first-order chi connectivity index (χ1) is 7.49. The number of quaternary nitrogens is 1. The third-order valence-electron chi connectivity index (χ3n) is 3.14. The van der Waals surface area contributed by atoms with E-state index in [1.165, 1.54) is 11.1 Å². The van der Waals surface area contributed by atoms with Crippen molar-refractivity contribution in [3.8, 4) is 0 Å². The van der Waals surface area contributed by atoms with Gasteiger partial charge in [0.1, 0.15) is 0 Å². The second-order valence-corrected chi connectivity index (χ2v) is 7.51. The Kier molecular flexibility index (Phi) is 3.20.